The van der Waals surface area contributed by atoms with Crippen LogP contribution in [-0.2, 0) is 29.1 Å². The predicted molar refractivity (Wildman–Crippen MR) is 142 cm³/mol. The lowest BCUT2D eigenvalue weighted by Gasteiger charge is -2.50. The summed E-state index contributed by atoms with van der Waals surface area (Å²) < 4.78 is 0. The zero-order chi connectivity index (χ0) is 28.9. The van der Waals surface area contributed by atoms with E-state index in [0.29, 0.717) is 29.2 Å². The van der Waals surface area contributed by atoms with Crippen LogP contribution in [0.3, 0.4) is 0 Å². The molecule has 1 amide bonds. The van der Waals surface area contributed by atoms with E-state index in [0.717, 1.165) is 12.0 Å². The fourth-order valence-electron chi connectivity index (χ4n) is 6.87. The average molecular weight is 560 g/mol. The molecule has 11 heteroatoms. The molecule has 1 aromatic rings. The first kappa shape index (κ1) is 27.6. The van der Waals surface area contributed by atoms with Crippen molar-refractivity contribution >= 4 is 29.1 Å². The van der Waals surface area contributed by atoms with E-state index < -0.39 is 58.0 Å². The third-order valence-corrected chi connectivity index (χ3v) is 9.91. The Morgan fingerprint density at radius 2 is 1.77 bits per heavy atom. The number of carbonyl (C=O) groups excluding carboxylic acids is 3. The summed E-state index contributed by atoms with van der Waals surface area (Å²) in [6.45, 7) is 7.16. The van der Waals surface area contributed by atoms with Crippen molar-refractivity contribution in [2.75, 3.05) is 14.1 Å². The number of aliphatic hydroxyl groups excluding tert-OH is 2. The van der Waals surface area contributed by atoms with Crippen LogP contribution in [0.4, 0.5) is 0 Å². The zero-order valence-electron chi connectivity index (χ0n) is 22.6. The summed E-state index contributed by atoms with van der Waals surface area (Å²) in [6.07, 6.45) is 1.05. The number of ketones is 2. The van der Waals surface area contributed by atoms with Crippen LogP contribution in [0.2, 0.25) is 5.02 Å². The molecule has 6 N–H and O–H groups in total. The van der Waals surface area contributed by atoms with Gasteiger partial charge in [-0.3, -0.25) is 24.2 Å². The minimum Gasteiger partial charge on any atom is -0.510 e. The van der Waals surface area contributed by atoms with Gasteiger partial charge in [-0.25, -0.2) is 0 Å². The Bertz CT molecular complexity index is 1410. The molecule has 0 aromatic heterocycles. The summed E-state index contributed by atoms with van der Waals surface area (Å²) in [4.78, 5) is 43.2. The lowest BCUT2D eigenvalue weighted by atomic mass is 9.58. The number of aromatic hydroxyl groups is 1. The molecule has 5 rings (SSSR count). The average Bonchev–Trinajstić information content (AvgIpc) is 3.31. The number of Topliss-reactive ketones (excluding diaryl/α,β-unsaturated/α-hetero) is 2. The summed E-state index contributed by atoms with van der Waals surface area (Å²) in [5.74, 6) is -6.67. The monoisotopic (exact) mass is 559 g/mol. The van der Waals surface area contributed by atoms with E-state index in [1.54, 1.807) is 14.1 Å². The number of rotatable bonds is 4. The van der Waals surface area contributed by atoms with Gasteiger partial charge in [0.2, 0.25) is 5.78 Å². The van der Waals surface area contributed by atoms with Crippen molar-refractivity contribution in [3.63, 3.8) is 0 Å². The molecule has 39 heavy (non-hydrogen) atoms. The number of nitrogens with two attached hydrogens (primary N) is 1. The van der Waals surface area contributed by atoms with Crippen molar-refractivity contribution in [1.29, 1.82) is 0 Å². The highest BCUT2D eigenvalue weighted by molar-refractivity contribution is 6.33. The van der Waals surface area contributed by atoms with Gasteiger partial charge in [-0.1, -0.05) is 18.5 Å². The van der Waals surface area contributed by atoms with Gasteiger partial charge in [0.25, 0.3) is 5.91 Å². The highest BCUT2D eigenvalue weighted by Gasteiger charge is 2.63. The van der Waals surface area contributed by atoms with Crippen molar-refractivity contribution < 1.29 is 34.8 Å². The van der Waals surface area contributed by atoms with Crippen molar-refractivity contribution in [2.45, 2.75) is 70.3 Å². The van der Waals surface area contributed by atoms with Crippen LogP contribution in [0.1, 0.15) is 60.7 Å². The second-order valence-electron chi connectivity index (χ2n) is 12.0. The summed E-state index contributed by atoms with van der Waals surface area (Å²) >= 11 is 6.90. The normalized spacial score (nSPS) is 29.0. The lowest BCUT2D eigenvalue weighted by Crippen LogP contribution is -2.63. The van der Waals surface area contributed by atoms with Gasteiger partial charge in [-0.2, -0.15) is 0 Å². The fourth-order valence-corrected chi connectivity index (χ4v) is 7.22. The molecule has 0 fully saturated rings. The highest BCUT2D eigenvalue weighted by atomic mass is 35.5. The van der Waals surface area contributed by atoms with Crippen molar-refractivity contribution in [3.05, 3.63) is 49.9 Å². The SMILES string of the molecule is CCC(C)(C)N1Cc2c(O)c3c(c(Cl)c2C1)C[C@H]1C[C@H]2[C@H](N(C)C)C(O)=C(C(N)=O)C(=O)[C@@]2(O)C(O)=C1C3=O. The molecule has 0 radical (unpaired) electrons. The van der Waals surface area contributed by atoms with Gasteiger partial charge in [0, 0.05) is 40.7 Å². The number of nitrogens with zero attached hydrogens (tertiary/aromatic N) is 2. The number of aliphatic hydroxyl groups is 3. The Morgan fingerprint density at radius 3 is 2.33 bits per heavy atom. The number of hydrogen-bond acceptors (Lipinski definition) is 9. The van der Waals surface area contributed by atoms with Crippen LogP contribution < -0.4 is 5.73 Å². The smallest absolute Gasteiger partial charge is 0.255 e. The number of halogens is 1. The topological polar surface area (TPSA) is 165 Å². The molecule has 4 atom stereocenters. The zero-order valence-corrected chi connectivity index (χ0v) is 23.4. The second-order valence-corrected chi connectivity index (χ2v) is 12.3. The number of hydrogen-bond donors (Lipinski definition) is 5. The number of phenolic OH excluding ortho intramolecular Hbond substituents is 1. The van der Waals surface area contributed by atoms with E-state index in [2.05, 4.69) is 25.7 Å². The van der Waals surface area contributed by atoms with Crippen LogP contribution in [0, 0.1) is 11.8 Å². The Kier molecular flexibility index (Phi) is 6.23. The predicted octanol–water partition coefficient (Wildman–Crippen LogP) is 2.28. The highest BCUT2D eigenvalue weighted by Crippen LogP contribution is 2.54. The molecule has 0 unspecified atom stereocenters. The van der Waals surface area contributed by atoms with Crippen LogP contribution >= 0.6 is 11.6 Å². The molecule has 210 valence electrons. The molecule has 10 nitrogen and oxygen atoms in total. The Labute approximate surface area is 231 Å². The number of primary amides is 1. The number of fused-ring (bicyclic) bond motifs is 4. The quantitative estimate of drug-likeness (QED) is 0.348. The molecule has 0 bridgehead atoms. The Balaban J connectivity index is 1.68. The fraction of sp³-hybridized carbons (Fsp3) is 0.536. The summed E-state index contributed by atoms with van der Waals surface area (Å²) in [5.41, 5.74) is 3.24. The number of allylic oxidation sites excluding steroid dienone is 1. The molecule has 4 aliphatic rings. The molecule has 1 aliphatic heterocycles. The third-order valence-electron chi connectivity index (χ3n) is 9.45. The van der Waals surface area contributed by atoms with E-state index in [1.165, 1.54) is 4.90 Å². The summed E-state index contributed by atoms with van der Waals surface area (Å²) in [6, 6.07) is -1.04. The molecule has 0 saturated heterocycles. The van der Waals surface area contributed by atoms with Gasteiger partial charge in [0.15, 0.2) is 11.4 Å². The number of amides is 1. The second kappa shape index (κ2) is 8.79. The molecular formula is C28H34ClN3O7. The van der Waals surface area contributed by atoms with Crippen LogP contribution in [0.25, 0.3) is 0 Å². The van der Waals surface area contributed by atoms with Crippen molar-refractivity contribution in [2.24, 2.45) is 17.6 Å². The summed E-state index contributed by atoms with van der Waals surface area (Å²) in [5, 5.41) is 45.8. The van der Waals surface area contributed by atoms with Crippen molar-refractivity contribution in [1.82, 2.24) is 9.80 Å². The summed E-state index contributed by atoms with van der Waals surface area (Å²) in [7, 11) is 3.18. The third kappa shape index (κ3) is 3.54. The molecular weight excluding hydrogens is 526 g/mol. The standard InChI is InChI=1S/C28H34ClN3O7/c1-6-27(2,3)32-9-13-14(10-32)21(33)17-12(19(13)29)7-11-8-15-20(31(4)5)23(35)18(26(30)38)25(37)28(15,39)24(36)16(11)22(17)34/h11,15,20,33,35-36,39H,6-10H2,1-5H3,(H2,30,38)/t11-,15-,20-,28-/m0/s1. The number of carbonyl (C=O) groups is 3. The minimum absolute atomic E-state index is 0.0227. The first-order valence-corrected chi connectivity index (χ1v) is 13.4. The van der Waals surface area contributed by atoms with E-state index in [9.17, 15) is 34.8 Å². The molecule has 0 spiro atoms. The number of benzene rings is 1. The maximum Gasteiger partial charge on any atom is 0.255 e. The molecule has 0 saturated carbocycles. The number of phenols is 1. The van der Waals surface area contributed by atoms with Gasteiger partial charge in [0.05, 0.1) is 11.6 Å². The van der Waals surface area contributed by atoms with Gasteiger partial charge >= 0.3 is 0 Å². The van der Waals surface area contributed by atoms with Gasteiger partial charge in [-0.05, 0) is 64.3 Å². The maximum atomic E-state index is 14.0. The molecule has 1 heterocycles. The van der Waals surface area contributed by atoms with E-state index >= 15 is 0 Å². The van der Waals surface area contributed by atoms with Gasteiger partial charge in [0.1, 0.15) is 22.8 Å². The Morgan fingerprint density at radius 1 is 1.15 bits per heavy atom. The first-order chi connectivity index (χ1) is 18.1. The largest absolute Gasteiger partial charge is 0.510 e. The van der Waals surface area contributed by atoms with Gasteiger partial charge in [-0.15, -0.1) is 0 Å². The van der Waals surface area contributed by atoms with Gasteiger partial charge < -0.3 is 26.2 Å². The maximum absolute atomic E-state index is 14.0. The van der Waals surface area contributed by atoms with Crippen LogP contribution in [0.5, 0.6) is 5.75 Å². The first-order valence-electron chi connectivity index (χ1n) is 13.0. The van der Waals surface area contributed by atoms with E-state index in [1.807, 2.05) is 0 Å². The van der Waals surface area contributed by atoms with Crippen LogP contribution in [0.15, 0.2) is 22.7 Å². The lowest BCUT2D eigenvalue weighted by molar-refractivity contribution is -0.148. The van der Waals surface area contributed by atoms with E-state index in [4.69, 9.17) is 17.3 Å². The molecule has 1 aromatic carbocycles. The van der Waals surface area contributed by atoms with Crippen LogP contribution in [-0.4, -0.2) is 79.0 Å². The van der Waals surface area contributed by atoms with Crippen molar-refractivity contribution in [3.8, 4) is 5.75 Å². The minimum atomic E-state index is -2.66. The molecule has 3 aliphatic carbocycles. The Hall–Kier alpha value is -2.92. The van der Waals surface area contributed by atoms with E-state index in [-0.39, 0.29) is 35.3 Å². The number of likely N-dealkylation sites (N-methyl/N-ethyl adjacent to an activating group) is 1.